The molecule has 1 unspecified atom stereocenters. The molecule has 1 aliphatic rings. The van der Waals surface area contributed by atoms with Gasteiger partial charge >= 0.3 is 0 Å². The smallest absolute Gasteiger partial charge is 0.290 e. The Balaban J connectivity index is 1.39. The van der Waals surface area contributed by atoms with Gasteiger partial charge in [0.1, 0.15) is 6.04 Å². The summed E-state index contributed by atoms with van der Waals surface area (Å²) in [5.41, 5.74) is 3.32. The lowest BCUT2D eigenvalue weighted by Gasteiger charge is -2.35. The van der Waals surface area contributed by atoms with E-state index in [1.165, 1.54) is 6.26 Å². The van der Waals surface area contributed by atoms with E-state index in [9.17, 15) is 9.59 Å². The summed E-state index contributed by atoms with van der Waals surface area (Å²) in [6, 6.07) is 20.9. The molecule has 1 aromatic heterocycles. The average Bonchev–Trinajstić information content (AvgIpc) is 3.36. The summed E-state index contributed by atoms with van der Waals surface area (Å²) >= 11 is 0. The van der Waals surface area contributed by atoms with Crippen LogP contribution in [0.2, 0.25) is 0 Å². The van der Waals surface area contributed by atoms with E-state index >= 15 is 0 Å². The van der Waals surface area contributed by atoms with Gasteiger partial charge in [-0.05, 0) is 41.8 Å². The van der Waals surface area contributed by atoms with Crippen molar-refractivity contribution < 1.29 is 14.0 Å². The largest absolute Gasteiger partial charge is 0.459 e. The highest BCUT2D eigenvalue weighted by Gasteiger charge is 2.35. The van der Waals surface area contributed by atoms with E-state index in [0.717, 1.165) is 29.8 Å². The number of nitrogens with zero attached hydrogens (tertiary/aromatic N) is 2. The molecule has 0 radical (unpaired) electrons. The van der Waals surface area contributed by atoms with E-state index in [2.05, 4.69) is 22.3 Å². The first-order valence-electron chi connectivity index (χ1n) is 10.6. The van der Waals surface area contributed by atoms with Crippen molar-refractivity contribution in [2.45, 2.75) is 25.4 Å². The molecule has 2 amide bonds. The van der Waals surface area contributed by atoms with Crippen LogP contribution < -0.4 is 10.2 Å². The highest BCUT2D eigenvalue weighted by atomic mass is 16.3. The van der Waals surface area contributed by atoms with Gasteiger partial charge in [0.25, 0.3) is 5.91 Å². The van der Waals surface area contributed by atoms with Gasteiger partial charge in [-0.15, -0.1) is 0 Å². The number of hydrogen-bond acceptors (Lipinski definition) is 4. The lowest BCUT2D eigenvalue weighted by Crippen LogP contribution is -2.52. The van der Waals surface area contributed by atoms with Crippen LogP contribution in [0.3, 0.4) is 0 Å². The molecule has 6 heteroatoms. The maximum Gasteiger partial charge on any atom is 0.290 e. The minimum absolute atomic E-state index is 0.128. The highest BCUT2D eigenvalue weighted by molar-refractivity contribution is 5.96. The fraction of sp³-hybridized carbons (Fsp3) is 0.280. The lowest BCUT2D eigenvalue weighted by molar-refractivity contribution is -0.126. The van der Waals surface area contributed by atoms with Gasteiger partial charge in [0, 0.05) is 38.8 Å². The minimum Gasteiger partial charge on any atom is -0.459 e. The zero-order valence-corrected chi connectivity index (χ0v) is 17.7. The normalized spacial score (nSPS) is 15.3. The van der Waals surface area contributed by atoms with Crippen molar-refractivity contribution in [2.24, 2.45) is 0 Å². The Hall–Kier alpha value is -3.54. The van der Waals surface area contributed by atoms with Crippen molar-refractivity contribution in [1.82, 2.24) is 10.2 Å². The molecule has 0 spiro atoms. The number of para-hydroxylation sites is 1. The van der Waals surface area contributed by atoms with Crippen LogP contribution in [0.5, 0.6) is 0 Å². The molecule has 2 aromatic carbocycles. The van der Waals surface area contributed by atoms with Crippen LogP contribution in [0.15, 0.2) is 77.4 Å². The second-order valence-corrected chi connectivity index (χ2v) is 7.80. The van der Waals surface area contributed by atoms with Crippen LogP contribution >= 0.6 is 0 Å². The third-order valence-corrected chi connectivity index (χ3v) is 5.71. The molecular weight excluding hydrogens is 390 g/mol. The van der Waals surface area contributed by atoms with Gasteiger partial charge in [-0.3, -0.25) is 9.59 Å². The fourth-order valence-electron chi connectivity index (χ4n) is 3.97. The summed E-state index contributed by atoms with van der Waals surface area (Å²) in [7, 11) is 2.04. The molecule has 1 N–H and O–H groups in total. The zero-order valence-electron chi connectivity index (χ0n) is 17.7. The summed E-state index contributed by atoms with van der Waals surface area (Å²) in [6.07, 6.45) is 2.79. The van der Waals surface area contributed by atoms with Gasteiger partial charge in [-0.25, -0.2) is 0 Å². The van der Waals surface area contributed by atoms with Crippen molar-refractivity contribution in [3.8, 4) is 0 Å². The number of benzene rings is 2. The Kier molecular flexibility index (Phi) is 6.36. The molecule has 0 saturated carbocycles. The maximum absolute atomic E-state index is 13.1. The molecule has 0 aliphatic carbocycles. The topological polar surface area (TPSA) is 65.8 Å². The quantitative estimate of drug-likeness (QED) is 0.598. The van der Waals surface area contributed by atoms with Gasteiger partial charge in [-0.1, -0.05) is 42.5 Å². The van der Waals surface area contributed by atoms with E-state index < -0.39 is 6.04 Å². The van der Waals surface area contributed by atoms with Gasteiger partial charge in [0.2, 0.25) is 5.91 Å². The lowest BCUT2D eigenvalue weighted by atomic mass is 9.93. The molecule has 1 aliphatic heterocycles. The summed E-state index contributed by atoms with van der Waals surface area (Å²) in [5.74, 6) is -0.137. The van der Waals surface area contributed by atoms with Crippen LogP contribution in [0.1, 0.15) is 28.1 Å². The summed E-state index contributed by atoms with van der Waals surface area (Å²) in [5, 5.41) is 3.03. The summed E-state index contributed by atoms with van der Waals surface area (Å²) in [6.45, 7) is 1.77. The van der Waals surface area contributed by atoms with E-state index in [0.29, 0.717) is 19.5 Å². The Labute approximate surface area is 182 Å². The van der Waals surface area contributed by atoms with Crippen molar-refractivity contribution in [3.63, 3.8) is 0 Å². The minimum atomic E-state index is -0.556. The van der Waals surface area contributed by atoms with Crippen molar-refractivity contribution in [2.75, 3.05) is 25.0 Å². The van der Waals surface area contributed by atoms with Gasteiger partial charge in [0.05, 0.1) is 6.26 Å². The molecular formula is C25H27N3O3. The van der Waals surface area contributed by atoms with Crippen LogP contribution in [-0.2, 0) is 17.8 Å². The average molecular weight is 418 g/mol. The van der Waals surface area contributed by atoms with Crippen LogP contribution in [-0.4, -0.2) is 42.9 Å². The number of anilines is 1. The first kappa shape index (κ1) is 20.7. The van der Waals surface area contributed by atoms with Crippen molar-refractivity contribution in [1.29, 1.82) is 0 Å². The number of hydrogen-bond donors (Lipinski definition) is 1. The number of rotatable bonds is 7. The second-order valence-electron chi connectivity index (χ2n) is 7.80. The fourth-order valence-corrected chi connectivity index (χ4v) is 3.97. The molecule has 2 heterocycles. The highest BCUT2D eigenvalue weighted by Crippen LogP contribution is 2.25. The Morgan fingerprint density at radius 2 is 1.77 bits per heavy atom. The van der Waals surface area contributed by atoms with Gasteiger partial charge in [-0.2, -0.15) is 0 Å². The first-order valence-corrected chi connectivity index (χ1v) is 10.6. The third-order valence-electron chi connectivity index (χ3n) is 5.71. The number of furan rings is 1. The molecule has 0 bridgehead atoms. The Morgan fingerprint density at radius 3 is 2.52 bits per heavy atom. The Bertz CT molecular complexity index is 1020. The maximum atomic E-state index is 13.1. The molecule has 0 saturated heterocycles. The number of nitrogens with one attached hydrogen (secondary N) is 1. The zero-order chi connectivity index (χ0) is 21.6. The summed E-state index contributed by atoms with van der Waals surface area (Å²) in [4.78, 5) is 29.8. The predicted octanol–water partition coefficient (Wildman–Crippen LogP) is 3.49. The predicted molar refractivity (Wildman–Crippen MR) is 120 cm³/mol. The molecule has 31 heavy (non-hydrogen) atoms. The van der Waals surface area contributed by atoms with Crippen molar-refractivity contribution in [3.05, 3.63) is 89.9 Å². The molecule has 3 aromatic rings. The van der Waals surface area contributed by atoms with Crippen LogP contribution in [0.4, 0.5) is 5.69 Å². The molecule has 6 nitrogen and oxygen atoms in total. The van der Waals surface area contributed by atoms with E-state index in [-0.39, 0.29) is 17.6 Å². The molecule has 0 fully saturated rings. The van der Waals surface area contributed by atoms with Gasteiger partial charge in [0.15, 0.2) is 5.76 Å². The SMILES string of the molecule is CN(CCCNC(=O)C1Cc2ccccc2CN1C(=O)c1ccco1)c1ccccc1. The van der Waals surface area contributed by atoms with Crippen molar-refractivity contribution >= 4 is 17.5 Å². The number of amides is 2. The molecule has 4 rings (SSSR count). The standard InChI is InChI=1S/C25H27N3O3/c1-27(21-11-3-2-4-12-21)15-8-14-26-24(29)22-17-19-9-5-6-10-20(19)18-28(22)25(30)23-13-7-16-31-23/h2-7,9-13,16,22H,8,14-15,17-18H2,1H3,(H,26,29). The van der Waals surface area contributed by atoms with Crippen LogP contribution in [0.25, 0.3) is 0 Å². The number of carbonyl (C=O) groups excluding carboxylic acids is 2. The first-order chi connectivity index (χ1) is 15.1. The summed E-state index contributed by atoms with van der Waals surface area (Å²) < 4.78 is 5.30. The second kappa shape index (κ2) is 9.51. The number of fused-ring (bicyclic) bond motifs is 1. The monoisotopic (exact) mass is 417 g/mol. The molecule has 160 valence electrons. The van der Waals surface area contributed by atoms with E-state index in [4.69, 9.17) is 4.42 Å². The van der Waals surface area contributed by atoms with E-state index in [1.807, 2.05) is 49.5 Å². The molecule has 1 atom stereocenters. The third kappa shape index (κ3) is 4.79. The van der Waals surface area contributed by atoms with E-state index in [1.54, 1.807) is 17.0 Å². The van der Waals surface area contributed by atoms with Crippen LogP contribution in [0, 0.1) is 0 Å². The number of carbonyl (C=O) groups is 2. The van der Waals surface area contributed by atoms with Gasteiger partial charge < -0.3 is 19.5 Å². The Morgan fingerprint density at radius 1 is 1.03 bits per heavy atom.